The van der Waals surface area contributed by atoms with Gasteiger partial charge >= 0.3 is 6.18 Å². The van der Waals surface area contributed by atoms with E-state index in [1.165, 1.54) is 6.07 Å². The van der Waals surface area contributed by atoms with Crippen LogP contribution in [0.4, 0.5) is 13.2 Å². The van der Waals surface area contributed by atoms with Gasteiger partial charge in [0, 0.05) is 12.1 Å². The molecule has 1 unspecified atom stereocenters. The SMILES string of the molecule is CC(NS(=O)(=O)c1ccc(-c2sc(C(=O)NCC3(O)CCC3)nc2CC2CCC2)c(Cl)c1Cl)C(F)(F)F. The lowest BCUT2D eigenvalue weighted by Gasteiger charge is -2.36. The van der Waals surface area contributed by atoms with Crippen molar-refractivity contribution in [1.82, 2.24) is 15.0 Å². The number of carbonyl (C=O) groups is 1. The molecule has 2 saturated carbocycles. The van der Waals surface area contributed by atoms with E-state index in [0.717, 1.165) is 43.1 Å². The molecule has 2 aromatic rings. The first kappa shape index (κ1) is 28.6. The van der Waals surface area contributed by atoms with Gasteiger partial charge in [0.05, 0.1) is 26.2 Å². The molecule has 1 heterocycles. The van der Waals surface area contributed by atoms with Crippen molar-refractivity contribution in [3.05, 3.63) is 32.9 Å². The fourth-order valence-electron chi connectivity index (χ4n) is 4.13. The number of aliphatic hydroxyl groups is 1. The number of sulfonamides is 1. The maximum absolute atomic E-state index is 12.9. The highest BCUT2D eigenvalue weighted by atomic mass is 35.5. The first-order chi connectivity index (χ1) is 17.2. The molecule has 1 atom stereocenters. The smallest absolute Gasteiger partial charge is 0.388 e. The van der Waals surface area contributed by atoms with E-state index in [2.05, 4.69) is 10.3 Å². The van der Waals surface area contributed by atoms with Crippen LogP contribution in [0.5, 0.6) is 0 Å². The van der Waals surface area contributed by atoms with Crippen molar-refractivity contribution in [1.29, 1.82) is 0 Å². The number of alkyl halides is 3. The predicted molar refractivity (Wildman–Crippen MR) is 136 cm³/mol. The molecule has 1 aromatic carbocycles. The summed E-state index contributed by atoms with van der Waals surface area (Å²) in [7, 11) is -4.63. The summed E-state index contributed by atoms with van der Waals surface area (Å²) < 4.78 is 65.5. The second-order valence-corrected chi connectivity index (χ2v) is 13.1. The minimum atomic E-state index is -4.78. The summed E-state index contributed by atoms with van der Waals surface area (Å²) in [6.45, 7) is 0.794. The number of nitrogens with zero attached hydrogens (tertiary/aromatic N) is 1. The molecule has 7 nitrogen and oxygen atoms in total. The van der Waals surface area contributed by atoms with E-state index in [-0.39, 0.29) is 16.6 Å². The van der Waals surface area contributed by atoms with E-state index < -0.39 is 43.7 Å². The lowest BCUT2D eigenvalue weighted by atomic mass is 9.80. The Bertz CT molecular complexity index is 1290. The molecule has 2 fully saturated rings. The molecule has 14 heteroatoms. The first-order valence-corrected chi connectivity index (χ1v) is 14.8. The molecule has 1 amide bonds. The Labute approximate surface area is 226 Å². The van der Waals surface area contributed by atoms with Crippen LogP contribution in [0.25, 0.3) is 10.4 Å². The number of hydrogen-bond donors (Lipinski definition) is 3. The van der Waals surface area contributed by atoms with E-state index in [1.54, 1.807) is 4.72 Å². The summed E-state index contributed by atoms with van der Waals surface area (Å²) in [4.78, 5) is 17.3. The molecule has 0 bridgehead atoms. The van der Waals surface area contributed by atoms with E-state index >= 15 is 0 Å². The van der Waals surface area contributed by atoms with E-state index in [4.69, 9.17) is 23.2 Å². The highest BCUT2D eigenvalue weighted by Crippen LogP contribution is 2.43. The van der Waals surface area contributed by atoms with Crippen molar-refractivity contribution in [2.45, 2.75) is 74.6 Å². The van der Waals surface area contributed by atoms with Crippen molar-refractivity contribution in [2.24, 2.45) is 5.92 Å². The van der Waals surface area contributed by atoms with Crippen LogP contribution in [0, 0.1) is 5.92 Å². The maximum Gasteiger partial charge on any atom is 0.404 e. The number of aromatic nitrogens is 1. The fourth-order valence-corrected chi connectivity index (χ4v) is 7.32. The molecular weight excluding hydrogens is 574 g/mol. The summed E-state index contributed by atoms with van der Waals surface area (Å²) in [6, 6.07) is 0.118. The normalized spacial score (nSPS) is 18.7. The molecule has 204 valence electrons. The summed E-state index contributed by atoms with van der Waals surface area (Å²) in [5.74, 6) is -0.0624. The molecule has 0 saturated heterocycles. The van der Waals surface area contributed by atoms with Crippen molar-refractivity contribution < 1.29 is 31.5 Å². The van der Waals surface area contributed by atoms with Gasteiger partial charge in [-0.25, -0.2) is 13.4 Å². The van der Waals surface area contributed by atoms with Gasteiger partial charge in [-0.2, -0.15) is 17.9 Å². The zero-order chi connectivity index (χ0) is 27.2. The first-order valence-electron chi connectivity index (χ1n) is 11.8. The fraction of sp³-hybridized carbons (Fsp3) is 0.565. The predicted octanol–water partition coefficient (Wildman–Crippen LogP) is 5.33. The molecule has 37 heavy (non-hydrogen) atoms. The molecular formula is C23H26Cl2F3N3O4S2. The van der Waals surface area contributed by atoms with E-state index in [0.29, 0.717) is 48.2 Å². The van der Waals surface area contributed by atoms with Crippen LogP contribution in [-0.4, -0.2) is 48.8 Å². The van der Waals surface area contributed by atoms with Crippen LogP contribution in [0.1, 0.15) is 60.9 Å². The minimum absolute atomic E-state index is 0.112. The largest absolute Gasteiger partial charge is 0.404 e. The quantitative estimate of drug-likeness (QED) is 0.361. The topological polar surface area (TPSA) is 108 Å². The van der Waals surface area contributed by atoms with Gasteiger partial charge in [0.1, 0.15) is 10.9 Å². The Hall–Kier alpha value is -1.44. The third-order valence-electron chi connectivity index (χ3n) is 6.86. The number of hydrogen-bond acceptors (Lipinski definition) is 6. The Morgan fingerprint density at radius 2 is 1.92 bits per heavy atom. The third kappa shape index (κ3) is 6.25. The summed E-state index contributed by atoms with van der Waals surface area (Å²) in [5, 5.41) is 12.6. The van der Waals surface area contributed by atoms with Crippen LogP contribution >= 0.6 is 34.5 Å². The van der Waals surface area contributed by atoms with Gasteiger partial charge < -0.3 is 10.4 Å². The Morgan fingerprint density at radius 3 is 2.46 bits per heavy atom. The number of thiazole rings is 1. The summed E-state index contributed by atoms with van der Waals surface area (Å²) >= 11 is 13.8. The van der Waals surface area contributed by atoms with Gasteiger partial charge in [-0.15, -0.1) is 11.3 Å². The summed E-state index contributed by atoms with van der Waals surface area (Å²) in [6.07, 6.45) is 1.05. The summed E-state index contributed by atoms with van der Waals surface area (Å²) in [5.41, 5.74) is 0.0397. The van der Waals surface area contributed by atoms with Crippen LogP contribution < -0.4 is 10.0 Å². The molecule has 4 rings (SSSR count). The van der Waals surface area contributed by atoms with Crippen molar-refractivity contribution in [3.63, 3.8) is 0 Å². The Kier molecular flexibility index (Phi) is 8.19. The van der Waals surface area contributed by atoms with Gasteiger partial charge in [0.25, 0.3) is 5.91 Å². The average molecular weight is 601 g/mol. The second kappa shape index (κ2) is 10.6. The Balaban J connectivity index is 1.65. The van der Waals surface area contributed by atoms with Gasteiger partial charge in [-0.3, -0.25) is 4.79 Å². The minimum Gasteiger partial charge on any atom is -0.388 e. The highest BCUT2D eigenvalue weighted by molar-refractivity contribution is 7.89. The monoisotopic (exact) mass is 599 g/mol. The van der Waals surface area contributed by atoms with Crippen LogP contribution in [0.15, 0.2) is 17.0 Å². The van der Waals surface area contributed by atoms with Gasteiger partial charge in [0.15, 0.2) is 5.01 Å². The molecule has 3 N–H and O–H groups in total. The van der Waals surface area contributed by atoms with Gasteiger partial charge in [-0.1, -0.05) is 48.5 Å². The lowest BCUT2D eigenvalue weighted by molar-refractivity contribution is -0.147. The molecule has 2 aliphatic carbocycles. The zero-order valence-corrected chi connectivity index (χ0v) is 22.9. The van der Waals surface area contributed by atoms with Crippen molar-refractivity contribution in [2.75, 3.05) is 6.54 Å². The average Bonchev–Trinajstić information content (AvgIpc) is 3.17. The number of rotatable bonds is 9. The van der Waals surface area contributed by atoms with Crippen molar-refractivity contribution >= 4 is 50.5 Å². The second-order valence-electron chi connectivity index (χ2n) is 9.68. The zero-order valence-electron chi connectivity index (χ0n) is 19.8. The molecule has 2 aliphatic rings. The highest BCUT2D eigenvalue weighted by Gasteiger charge is 2.40. The number of nitrogens with one attached hydrogen (secondary N) is 2. The van der Waals surface area contributed by atoms with Crippen LogP contribution in [0.3, 0.4) is 0 Å². The molecule has 1 aromatic heterocycles. The van der Waals surface area contributed by atoms with Gasteiger partial charge in [-0.05, 0) is 44.6 Å². The third-order valence-corrected chi connectivity index (χ3v) is 10.6. The van der Waals surface area contributed by atoms with Crippen LogP contribution in [0.2, 0.25) is 10.0 Å². The molecule has 0 radical (unpaired) electrons. The van der Waals surface area contributed by atoms with E-state index in [1.807, 2.05) is 0 Å². The lowest BCUT2D eigenvalue weighted by Crippen LogP contribution is -2.47. The number of carbonyl (C=O) groups excluding carboxylic acids is 1. The molecule has 0 aliphatic heterocycles. The van der Waals surface area contributed by atoms with Crippen molar-refractivity contribution in [3.8, 4) is 10.4 Å². The number of benzene rings is 1. The number of halogens is 5. The van der Waals surface area contributed by atoms with Crippen LogP contribution in [-0.2, 0) is 16.4 Å². The Morgan fingerprint density at radius 1 is 1.24 bits per heavy atom. The number of amides is 1. The van der Waals surface area contributed by atoms with E-state index in [9.17, 15) is 31.5 Å². The standard InChI is InChI=1S/C23H26Cl2F3N3O4S2/c1-12(23(26,27)28)31-37(34,35)16-7-6-14(17(24)18(16)25)19-15(10-13-4-2-5-13)30-21(36-19)20(32)29-11-22(33)8-3-9-22/h6-7,12-13,31,33H,2-5,8-11H2,1H3,(H,29,32). The van der Waals surface area contributed by atoms with Gasteiger partial charge in [0.2, 0.25) is 10.0 Å². The maximum atomic E-state index is 12.9. The molecule has 0 spiro atoms.